The topological polar surface area (TPSA) is 8.17 Å². The van der Waals surface area contributed by atoms with E-state index in [9.17, 15) is 4.39 Å². The SMILES string of the molecule is Cc1ccc(C)c(C2c3cccn3CCCN2Cc2ccc(F)c(Cl)c2)c1. The Balaban J connectivity index is 1.78. The third-order valence-corrected chi connectivity index (χ3v) is 5.74. The molecular formula is C23H24ClFN2. The molecule has 27 heavy (non-hydrogen) atoms. The van der Waals surface area contributed by atoms with Crippen LogP contribution in [0.15, 0.2) is 54.7 Å². The zero-order valence-electron chi connectivity index (χ0n) is 15.8. The van der Waals surface area contributed by atoms with Gasteiger partial charge in [-0.25, -0.2) is 4.39 Å². The van der Waals surface area contributed by atoms with Gasteiger partial charge in [-0.2, -0.15) is 0 Å². The molecule has 0 N–H and O–H groups in total. The summed E-state index contributed by atoms with van der Waals surface area (Å²) in [5, 5.41) is 0.189. The lowest BCUT2D eigenvalue weighted by Gasteiger charge is -2.32. The zero-order chi connectivity index (χ0) is 19.0. The molecule has 2 nitrogen and oxygen atoms in total. The van der Waals surface area contributed by atoms with Crippen molar-refractivity contribution in [1.29, 1.82) is 0 Å². The number of fused-ring (bicyclic) bond motifs is 1. The molecule has 1 aliphatic heterocycles. The predicted molar refractivity (Wildman–Crippen MR) is 109 cm³/mol. The fourth-order valence-electron chi connectivity index (χ4n) is 4.09. The Bertz CT molecular complexity index is 963. The normalized spacial score (nSPS) is 17.6. The number of aromatic nitrogens is 1. The molecule has 1 aliphatic rings. The molecule has 2 aromatic carbocycles. The second-order valence-corrected chi connectivity index (χ2v) is 7.87. The van der Waals surface area contributed by atoms with Crippen LogP contribution in [-0.4, -0.2) is 16.0 Å². The molecule has 0 radical (unpaired) electrons. The lowest BCUT2D eigenvalue weighted by molar-refractivity contribution is 0.219. The zero-order valence-corrected chi connectivity index (χ0v) is 16.5. The molecule has 140 valence electrons. The van der Waals surface area contributed by atoms with Crippen LogP contribution in [0.1, 0.15) is 40.4 Å². The number of halogens is 2. The van der Waals surface area contributed by atoms with Gasteiger partial charge in [0, 0.05) is 31.5 Å². The lowest BCUT2D eigenvalue weighted by atomic mass is 9.95. The van der Waals surface area contributed by atoms with E-state index in [1.54, 1.807) is 6.07 Å². The van der Waals surface area contributed by atoms with Gasteiger partial charge < -0.3 is 4.57 Å². The van der Waals surface area contributed by atoms with Crippen molar-refractivity contribution in [1.82, 2.24) is 9.47 Å². The van der Waals surface area contributed by atoms with Gasteiger partial charge in [-0.1, -0.05) is 41.4 Å². The Morgan fingerprint density at radius 3 is 2.74 bits per heavy atom. The summed E-state index contributed by atoms with van der Waals surface area (Å²) in [6.07, 6.45) is 3.25. The second-order valence-electron chi connectivity index (χ2n) is 7.46. The molecule has 4 heteroatoms. The standard InChI is InChI=1S/C23H24ClFN2/c1-16-6-7-17(2)19(13-16)23-22-5-3-10-26(22)11-4-12-27(23)15-18-8-9-21(25)20(24)14-18/h3,5-10,13-14,23H,4,11-12,15H2,1-2H3. The number of rotatable bonds is 3. The van der Waals surface area contributed by atoms with Gasteiger partial charge in [0.2, 0.25) is 0 Å². The monoisotopic (exact) mass is 382 g/mol. The van der Waals surface area contributed by atoms with E-state index < -0.39 is 0 Å². The third-order valence-electron chi connectivity index (χ3n) is 5.45. The Hall–Kier alpha value is -2.10. The first-order valence-electron chi connectivity index (χ1n) is 9.43. The van der Waals surface area contributed by atoms with Gasteiger partial charge in [0.25, 0.3) is 0 Å². The van der Waals surface area contributed by atoms with Crippen LogP contribution in [0.2, 0.25) is 5.02 Å². The minimum absolute atomic E-state index is 0.172. The third kappa shape index (κ3) is 3.67. The van der Waals surface area contributed by atoms with Gasteiger partial charge in [-0.15, -0.1) is 0 Å². The summed E-state index contributed by atoms with van der Waals surface area (Å²) in [4.78, 5) is 2.49. The van der Waals surface area contributed by atoms with Crippen LogP contribution in [-0.2, 0) is 13.1 Å². The highest BCUT2D eigenvalue weighted by Gasteiger charge is 2.28. The van der Waals surface area contributed by atoms with Crippen molar-refractivity contribution < 1.29 is 4.39 Å². The van der Waals surface area contributed by atoms with Crippen LogP contribution in [0.3, 0.4) is 0 Å². The number of hydrogen-bond acceptors (Lipinski definition) is 1. The maximum Gasteiger partial charge on any atom is 0.141 e. The van der Waals surface area contributed by atoms with E-state index >= 15 is 0 Å². The van der Waals surface area contributed by atoms with Gasteiger partial charge in [0.1, 0.15) is 5.82 Å². The molecular weight excluding hydrogens is 359 g/mol. The van der Waals surface area contributed by atoms with Crippen LogP contribution in [0.4, 0.5) is 4.39 Å². The average molecular weight is 383 g/mol. The van der Waals surface area contributed by atoms with Gasteiger partial charge in [0.15, 0.2) is 0 Å². The van der Waals surface area contributed by atoms with Crippen molar-refractivity contribution in [3.05, 3.63) is 93.5 Å². The fraction of sp³-hybridized carbons (Fsp3) is 0.304. The van der Waals surface area contributed by atoms with Gasteiger partial charge in [0.05, 0.1) is 11.1 Å². The number of aryl methyl sites for hydroxylation is 3. The molecule has 0 amide bonds. The molecule has 0 fully saturated rings. The Morgan fingerprint density at radius 2 is 1.93 bits per heavy atom. The maximum atomic E-state index is 13.6. The minimum atomic E-state index is -0.365. The van der Waals surface area contributed by atoms with Crippen molar-refractivity contribution in [2.24, 2.45) is 0 Å². The Labute approximate surface area is 165 Å². The number of benzene rings is 2. The number of hydrogen-bond donors (Lipinski definition) is 0. The molecule has 0 saturated carbocycles. The van der Waals surface area contributed by atoms with Crippen LogP contribution >= 0.6 is 11.6 Å². The van der Waals surface area contributed by atoms with E-state index in [1.807, 2.05) is 6.07 Å². The lowest BCUT2D eigenvalue weighted by Crippen LogP contribution is -2.30. The molecule has 1 atom stereocenters. The molecule has 0 saturated heterocycles. The van der Waals surface area contributed by atoms with E-state index in [2.05, 4.69) is 59.8 Å². The first kappa shape index (κ1) is 18.3. The van der Waals surface area contributed by atoms with Crippen molar-refractivity contribution >= 4 is 11.6 Å². The maximum absolute atomic E-state index is 13.6. The van der Waals surface area contributed by atoms with Crippen molar-refractivity contribution in [3.63, 3.8) is 0 Å². The predicted octanol–water partition coefficient (Wildman–Crippen LogP) is 5.89. The van der Waals surface area contributed by atoms with Gasteiger partial charge >= 0.3 is 0 Å². The summed E-state index contributed by atoms with van der Waals surface area (Å²) < 4.78 is 16.0. The quantitative estimate of drug-likeness (QED) is 0.548. The fourth-order valence-corrected chi connectivity index (χ4v) is 4.30. The average Bonchev–Trinajstić information content (AvgIpc) is 3.03. The summed E-state index contributed by atoms with van der Waals surface area (Å²) >= 11 is 6.03. The smallest absolute Gasteiger partial charge is 0.141 e. The first-order chi connectivity index (χ1) is 13.0. The number of nitrogens with zero attached hydrogens (tertiary/aromatic N) is 2. The molecule has 4 rings (SSSR count). The van der Waals surface area contributed by atoms with E-state index in [1.165, 1.54) is 28.5 Å². The highest BCUT2D eigenvalue weighted by atomic mass is 35.5. The highest BCUT2D eigenvalue weighted by Crippen LogP contribution is 2.35. The molecule has 0 aliphatic carbocycles. The largest absolute Gasteiger partial charge is 0.350 e. The molecule has 0 bridgehead atoms. The van der Waals surface area contributed by atoms with Crippen molar-refractivity contribution in [2.75, 3.05) is 6.54 Å². The summed E-state index contributed by atoms with van der Waals surface area (Å²) in [7, 11) is 0. The van der Waals surface area contributed by atoms with E-state index in [4.69, 9.17) is 11.6 Å². The molecule has 2 heterocycles. The second kappa shape index (κ2) is 7.49. The van der Waals surface area contributed by atoms with Gasteiger partial charge in [-0.3, -0.25) is 4.90 Å². The van der Waals surface area contributed by atoms with E-state index in [-0.39, 0.29) is 16.9 Å². The molecule has 1 aromatic heterocycles. The van der Waals surface area contributed by atoms with Crippen LogP contribution in [0, 0.1) is 19.7 Å². The van der Waals surface area contributed by atoms with Crippen molar-refractivity contribution in [3.8, 4) is 0 Å². The summed E-state index contributed by atoms with van der Waals surface area (Å²) in [5.74, 6) is -0.365. The summed E-state index contributed by atoms with van der Waals surface area (Å²) in [5.41, 5.74) is 6.25. The Morgan fingerprint density at radius 1 is 1.07 bits per heavy atom. The van der Waals surface area contributed by atoms with Crippen molar-refractivity contribution in [2.45, 2.75) is 39.4 Å². The highest BCUT2D eigenvalue weighted by molar-refractivity contribution is 6.30. The summed E-state index contributed by atoms with van der Waals surface area (Å²) in [6, 6.07) is 16.2. The van der Waals surface area contributed by atoms with Crippen LogP contribution in [0.5, 0.6) is 0 Å². The van der Waals surface area contributed by atoms with Crippen LogP contribution < -0.4 is 0 Å². The van der Waals surface area contributed by atoms with E-state index in [0.717, 1.165) is 31.6 Å². The molecule has 1 unspecified atom stereocenters. The molecule has 3 aromatic rings. The Kier molecular flexibility index (Phi) is 5.07. The van der Waals surface area contributed by atoms with Gasteiger partial charge in [-0.05, 0) is 61.2 Å². The van der Waals surface area contributed by atoms with E-state index in [0.29, 0.717) is 0 Å². The summed E-state index contributed by atoms with van der Waals surface area (Å²) in [6.45, 7) is 7.06. The first-order valence-corrected chi connectivity index (χ1v) is 9.81. The minimum Gasteiger partial charge on any atom is -0.350 e. The molecule has 0 spiro atoms. The van der Waals surface area contributed by atoms with Crippen LogP contribution in [0.25, 0.3) is 0 Å².